The van der Waals surface area contributed by atoms with E-state index >= 15 is 0 Å². The Balaban J connectivity index is 1.60. The molecular formula is C29H24N2O5. The lowest BCUT2D eigenvalue weighted by molar-refractivity contribution is -0.132. The van der Waals surface area contributed by atoms with Crippen LogP contribution >= 0.6 is 0 Å². The third kappa shape index (κ3) is 3.27. The Hall–Kier alpha value is -4.52. The van der Waals surface area contributed by atoms with E-state index < -0.39 is 17.7 Å². The standard InChI is InChI=1S/C29H24N2O5/c1-3-17-8-11-19(12-9-17)31-26(24-16(2)30-21-7-5-4-6-20(21)24)25(28(33)29(31)34)27(32)18-10-13-22-23(14-18)36-15-35-22/h4-14,26,30,32H,3,15H2,1-2H3/b27-25+. The van der Waals surface area contributed by atoms with Crippen molar-refractivity contribution in [1.82, 2.24) is 4.98 Å². The van der Waals surface area contributed by atoms with E-state index in [2.05, 4.69) is 11.9 Å². The van der Waals surface area contributed by atoms with Crippen LogP contribution in [0.5, 0.6) is 11.5 Å². The molecule has 0 aliphatic carbocycles. The van der Waals surface area contributed by atoms with E-state index in [1.54, 1.807) is 18.2 Å². The van der Waals surface area contributed by atoms with Crippen LogP contribution in [0.15, 0.2) is 72.3 Å². The van der Waals surface area contributed by atoms with Gasteiger partial charge in [0.2, 0.25) is 6.79 Å². The number of ether oxygens (including phenoxy) is 2. The molecule has 0 spiro atoms. The number of hydrogen-bond acceptors (Lipinski definition) is 5. The van der Waals surface area contributed by atoms with Crippen LogP contribution in [0.1, 0.15) is 35.3 Å². The molecule has 1 unspecified atom stereocenters. The number of rotatable bonds is 4. The lowest BCUT2D eigenvalue weighted by Gasteiger charge is -2.26. The van der Waals surface area contributed by atoms with Crippen molar-refractivity contribution < 1.29 is 24.2 Å². The molecule has 2 N–H and O–H groups in total. The predicted molar refractivity (Wildman–Crippen MR) is 136 cm³/mol. The smallest absolute Gasteiger partial charge is 0.300 e. The summed E-state index contributed by atoms with van der Waals surface area (Å²) in [6.07, 6.45) is 0.855. The average Bonchev–Trinajstić information content (AvgIpc) is 3.57. The third-order valence-corrected chi connectivity index (χ3v) is 6.93. The maximum Gasteiger partial charge on any atom is 0.300 e. The van der Waals surface area contributed by atoms with Gasteiger partial charge in [0.05, 0.1) is 11.6 Å². The number of nitrogens with zero attached hydrogens (tertiary/aromatic N) is 1. The number of carbonyl (C=O) groups excluding carboxylic acids is 2. The molecule has 2 aliphatic rings. The zero-order valence-corrected chi connectivity index (χ0v) is 19.9. The minimum Gasteiger partial charge on any atom is -0.507 e. The first-order chi connectivity index (χ1) is 17.5. The quantitative estimate of drug-likeness (QED) is 0.232. The Morgan fingerprint density at radius 3 is 2.56 bits per heavy atom. The highest BCUT2D eigenvalue weighted by atomic mass is 16.7. The third-order valence-electron chi connectivity index (χ3n) is 6.93. The zero-order chi connectivity index (χ0) is 25.0. The van der Waals surface area contributed by atoms with Crippen molar-refractivity contribution in [1.29, 1.82) is 0 Å². The van der Waals surface area contributed by atoms with E-state index in [1.807, 2.05) is 55.5 Å². The number of amides is 1. The average molecular weight is 481 g/mol. The fraction of sp³-hybridized carbons (Fsp3) is 0.172. The van der Waals surface area contributed by atoms with Crippen molar-refractivity contribution >= 4 is 34.0 Å². The van der Waals surface area contributed by atoms with E-state index in [-0.39, 0.29) is 18.1 Å². The molecule has 2 aliphatic heterocycles. The Labute approximate surface area is 207 Å². The van der Waals surface area contributed by atoms with Crippen LogP contribution in [0.4, 0.5) is 5.69 Å². The summed E-state index contributed by atoms with van der Waals surface area (Å²) < 4.78 is 10.8. The number of fused-ring (bicyclic) bond motifs is 2. The van der Waals surface area contributed by atoms with Crippen LogP contribution in [0.25, 0.3) is 16.7 Å². The number of benzene rings is 3. The molecule has 1 atom stereocenters. The van der Waals surface area contributed by atoms with Crippen molar-refractivity contribution in [2.24, 2.45) is 0 Å². The first-order valence-corrected chi connectivity index (χ1v) is 11.8. The molecule has 4 aromatic rings. The van der Waals surface area contributed by atoms with Gasteiger partial charge in [0, 0.05) is 33.4 Å². The van der Waals surface area contributed by atoms with Gasteiger partial charge in [-0.3, -0.25) is 14.5 Å². The Kier molecular flexibility index (Phi) is 5.07. The number of aryl methyl sites for hydroxylation is 2. The molecule has 3 aromatic carbocycles. The maximum absolute atomic E-state index is 13.5. The SMILES string of the molecule is CCc1ccc(N2C(=O)C(=O)/C(=C(/O)c3ccc4c(c3)OCO4)C2c2c(C)[nH]c3ccccc23)cc1. The highest BCUT2D eigenvalue weighted by Gasteiger charge is 2.48. The summed E-state index contributed by atoms with van der Waals surface area (Å²) in [5.74, 6) is -0.639. The van der Waals surface area contributed by atoms with Gasteiger partial charge in [-0.05, 0) is 55.3 Å². The number of aromatic amines is 1. The molecule has 0 saturated carbocycles. The lowest BCUT2D eigenvalue weighted by atomic mass is 9.93. The number of ketones is 1. The van der Waals surface area contributed by atoms with E-state index in [9.17, 15) is 14.7 Å². The molecule has 1 fully saturated rings. The van der Waals surface area contributed by atoms with E-state index in [0.29, 0.717) is 22.7 Å². The Morgan fingerprint density at radius 2 is 1.78 bits per heavy atom. The van der Waals surface area contributed by atoms with Gasteiger partial charge in [-0.1, -0.05) is 37.3 Å². The molecule has 7 heteroatoms. The minimum atomic E-state index is -0.820. The summed E-state index contributed by atoms with van der Waals surface area (Å²) >= 11 is 0. The van der Waals surface area contributed by atoms with E-state index in [1.165, 1.54) is 4.90 Å². The van der Waals surface area contributed by atoms with Crippen molar-refractivity contribution in [2.75, 3.05) is 11.7 Å². The summed E-state index contributed by atoms with van der Waals surface area (Å²) in [5, 5.41) is 12.4. The summed E-state index contributed by atoms with van der Waals surface area (Å²) in [5.41, 5.74) is 4.60. The molecule has 180 valence electrons. The molecule has 1 saturated heterocycles. The highest BCUT2D eigenvalue weighted by Crippen LogP contribution is 2.46. The zero-order valence-electron chi connectivity index (χ0n) is 19.9. The van der Waals surface area contributed by atoms with Crippen LogP contribution in [0.2, 0.25) is 0 Å². The Bertz CT molecular complexity index is 1560. The van der Waals surface area contributed by atoms with Gasteiger partial charge in [0.25, 0.3) is 11.7 Å². The van der Waals surface area contributed by atoms with Gasteiger partial charge >= 0.3 is 0 Å². The van der Waals surface area contributed by atoms with E-state index in [0.717, 1.165) is 34.1 Å². The van der Waals surface area contributed by atoms with Gasteiger partial charge in [-0.15, -0.1) is 0 Å². The molecule has 0 bridgehead atoms. The number of carbonyl (C=O) groups is 2. The first-order valence-electron chi connectivity index (χ1n) is 11.8. The van der Waals surface area contributed by atoms with Gasteiger partial charge in [-0.2, -0.15) is 0 Å². The second-order valence-corrected chi connectivity index (χ2v) is 8.97. The van der Waals surface area contributed by atoms with Crippen molar-refractivity contribution in [3.05, 3.63) is 94.7 Å². The Morgan fingerprint density at radius 1 is 1.03 bits per heavy atom. The molecular weight excluding hydrogens is 456 g/mol. The summed E-state index contributed by atoms with van der Waals surface area (Å²) in [7, 11) is 0. The maximum atomic E-state index is 13.5. The van der Waals surface area contributed by atoms with Crippen LogP contribution in [0, 0.1) is 6.92 Å². The fourth-order valence-corrected chi connectivity index (χ4v) is 5.11. The minimum absolute atomic E-state index is 0.0336. The molecule has 36 heavy (non-hydrogen) atoms. The summed E-state index contributed by atoms with van der Waals surface area (Å²) in [4.78, 5) is 31.9. The molecule has 7 nitrogen and oxygen atoms in total. The monoisotopic (exact) mass is 480 g/mol. The molecule has 6 rings (SSSR count). The van der Waals surface area contributed by atoms with Gasteiger partial charge in [0.1, 0.15) is 5.76 Å². The largest absolute Gasteiger partial charge is 0.507 e. The van der Waals surface area contributed by atoms with Crippen molar-refractivity contribution in [3.63, 3.8) is 0 Å². The fourth-order valence-electron chi connectivity index (χ4n) is 5.11. The van der Waals surface area contributed by atoms with Gasteiger partial charge < -0.3 is 19.6 Å². The topological polar surface area (TPSA) is 91.9 Å². The molecule has 3 heterocycles. The number of aromatic nitrogens is 1. The number of aliphatic hydroxyl groups is 1. The van der Waals surface area contributed by atoms with Crippen LogP contribution in [0.3, 0.4) is 0 Å². The van der Waals surface area contributed by atoms with Crippen LogP contribution < -0.4 is 14.4 Å². The first kappa shape index (κ1) is 22.0. The summed E-state index contributed by atoms with van der Waals surface area (Å²) in [6.45, 7) is 4.06. The summed E-state index contributed by atoms with van der Waals surface area (Å²) in [6, 6.07) is 19.5. The van der Waals surface area contributed by atoms with Crippen LogP contribution in [-0.4, -0.2) is 28.6 Å². The van der Waals surface area contributed by atoms with Crippen molar-refractivity contribution in [2.45, 2.75) is 26.3 Å². The second-order valence-electron chi connectivity index (χ2n) is 8.97. The number of Topliss-reactive ketones (excluding diaryl/α,β-unsaturated/α-hetero) is 1. The predicted octanol–water partition coefficient (Wildman–Crippen LogP) is 5.39. The number of para-hydroxylation sites is 1. The second kappa shape index (κ2) is 8.30. The lowest BCUT2D eigenvalue weighted by Crippen LogP contribution is -2.29. The van der Waals surface area contributed by atoms with E-state index in [4.69, 9.17) is 9.47 Å². The molecule has 1 amide bonds. The highest BCUT2D eigenvalue weighted by molar-refractivity contribution is 6.52. The number of hydrogen-bond donors (Lipinski definition) is 2. The number of anilines is 1. The molecule has 1 aromatic heterocycles. The molecule has 0 radical (unpaired) electrons. The normalized spacial score (nSPS) is 18.4. The van der Waals surface area contributed by atoms with Gasteiger partial charge in [-0.25, -0.2) is 0 Å². The van der Waals surface area contributed by atoms with Gasteiger partial charge in [0.15, 0.2) is 11.5 Å². The van der Waals surface area contributed by atoms with Crippen LogP contribution in [-0.2, 0) is 16.0 Å². The number of aliphatic hydroxyl groups excluding tert-OH is 1. The number of H-pyrrole nitrogens is 1. The number of nitrogens with one attached hydrogen (secondary N) is 1. The van der Waals surface area contributed by atoms with Crippen molar-refractivity contribution in [3.8, 4) is 11.5 Å².